The van der Waals surface area contributed by atoms with Crippen LogP contribution < -0.4 is 9.62 Å². The summed E-state index contributed by atoms with van der Waals surface area (Å²) in [5, 5.41) is 2.97. The summed E-state index contributed by atoms with van der Waals surface area (Å²) in [5.41, 5.74) is 3.18. The Kier molecular flexibility index (Phi) is 8.76. The third-order valence-electron chi connectivity index (χ3n) is 5.89. The van der Waals surface area contributed by atoms with Crippen molar-refractivity contribution >= 4 is 39.1 Å². The second-order valence-corrected chi connectivity index (χ2v) is 10.9. The number of nitrogens with zero attached hydrogens (tertiary/aromatic N) is 2. The van der Waals surface area contributed by atoms with Gasteiger partial charge in [0.2, 0.25) is 11.8 Å². The van der Waals surface area contributed by atoms with Gasteiger partial charge >= 0.3 is 0 Å². The Morgan fingerprint density at radius 3 is 1.94 bits per heavy atom. The van der Waals surface area contributed by atoms with Crippen LogP contribution in [-0.4, -0.2) is 44.8 Å². The number of amides is 2. The summed E-state index contributed by atoms with van der Waals surface area (Å²) in [7, 11) is -2.62. The van der Waals surface area contributed by atoms with Gasteiger partial charge in [-0.05, 0) is 62.7 Å². The molecule has 36 heavy (non-hydrogen) atoms. The van der Waals surface area contributed by atoms with Crippen LogP contribution in [0.2, 0.25) is 5.02 Å². The first kappa shape index (κ1) is 27.2. The number of benzene rings is 3. The minimum absolute atomic E-state index is 0.00436. The fraction of sp³-hybridized carbons (Fsp3) is 0.259. The van der Waals surface area contributed by atoms with Gasteiger partial charge in [0, 0.05) is 18.6 Å². The van der Waals surface area contributed by atoms with Gasteiger partial charge in [-0.15, -0.1) is 0 Å². The van der Waals surface area contributed by atoms with Gasteiger partial charge in [-0.3, -0.25) is 13.9 Å². The van der Waals surface area contributed by atoms with Crippen LogP contribution in [0.25, 0.3) is 0 Å². The van der Waals surface area contributed by atoms with Crippen LogP contribution >= 0.6 is 11.6 Å². The highest BCUT2D eigenvalue weighted by atomic mass is 35.5. The molecule has 3 aromatic carbocycles. The molecule has 7 nitrogen and oxygen atoms in total. The number of hydrogen-bond acceptors (Lipinski definition) is 4. The Hall–Kier alpha value is -3.36. The highest BCUT2D eigenvalue weighted by Crippen LogP contribution is 2.26. The fourth-order valence-electron chi connectivity index (χ4n) is 3.66. The quantitative estimate of drug-likeness (QED) is 0.449. The molecule has 3 aromatic rings. The fourth-order valence-corrected chi connectivity index (χ4v) is 5.20. The van der Waals surface area contributed by atoms with Crippen LogP contribution in [0.3, 0.4) is 0 Å². The lowest BCUT2D eigenvalue weighted by Gasteiger charge is -2.31. The number of likely N-dealkylation sites (N-methyl/N-ethyl adjacent to an activating group) is 1. The predicted octanol–water partition coefficient (Wildman–Crippen LogP) is 4.32. The summed E-state index contributed by atoms with van der Waals surface area (Å²) in [6, 6.07) is 19.4. The van der Waals surface area contributed by atoms with E-state index in [2.05, 4.69) is 5.32 Å². The van der Waals surface area contributed by atoms with Crippen LogP contribution in [0, 0.1) is 13.8 Å². The molecule has 2 amide bonds. The van der Waals surface area contributed by atoms with Gasteiger partial charge < -0.3 is 10.2 Å². The lowest BCUT2D eigenvalue weighted by atomic mass is 10.1. The van der Waals surface area contributed by atoms with Crippen molar-refractivity contribution in [3.8, 4) is 0 Å². The predicted molar refractivity (Wildman–Crippen MR) is 142 cm³/mol. The molecule has 0 aliphatic rings. The first-order valence-corrected chi connectivity index (χ1v) is 13.3. The van der Waals surface area contributed by atoms with Gasteiger partial charge in [0.1, 0.15) is 12.6 Å². The third-order valence-corrected chi connectivity index (χ3v) is 7.93. The number of aryl methyl sites for hydroxylation is 2. The minimum atomic E-state index is -4.12. The second-order valence-electron chi connectivity index (χ2n) is 8.60. The van der Waals surface area contributed by atoms with Gasteiger partial charge in [0.15, 0.2) is 0 Å². The molecule has 0 saturated heterocycles. The highest BCUT2D eigenvalue weighted by molar-refractivity contribution is 7.92. The molecule has 1 unspecified atom stereocenters. The molecule has 0 bridgehead atoms. The van der Waals surface area contributed by atoms with E-state index in [0.717, 1.165) is 21.0 Å². The lowest BCUT2D eigenvalue weighted by molar-refractivity contribution is -0.139. The van der Waals surface area contributed by atoms with Crippen LogP contribution in [0.5, 0.6) is 0 Å². The summed E-state index contributed by atoms with van der Waals surface area (Å²) in [6.45, 7) is 5.13. The zero-order chi connectivity index (χ0) is 26.5. The van der Waals surface area contributed by atoms with Crippen LogP contribution in [0.1, 0.15) is 23.6 Å². The van der Waals surface area contributed by atoms with E-state index in [1.807, 2.05) is 38.1 Å². The van der Waals surface area contributed by atoms with Gasteiger partial charge in [-0.25, -0.2) is 8.42 Å². The number of hydrogen-bond donors (Lipinski definition) is 1. The number of carbonyl (C=O) groups excluding carboxylic acids is 2. The molecule has 9 heteroatoms. The zero-order valence-electron chi connectivity index (χ0n) is 20.7. The van der Waals surface area contributed by atoms with E-state index in [0.29, 0.717) is 10.7 Å². The van der Waals surface area contributed by atoms with E-state index in [9.17, 15) is 18.0 Å². The molecule has 1 atom stereocenters. The van der Waals surface area contributed by atoms with Crippen LogP contribution in [-0.2, 0) is 26.2 Å². The Morgan fingerprint density at radius 1 is 0.889 bits per heavy atom. The largest absolute Gasteiger partial charge is 0.357 e. The first-order valence-electron chi connectivity index (χ1n) is 11.4. The van der Waals surface area contributed by atoms with Gasteiger partial charge in [0.25, 0.3) is 10.0 Å². The molecule has 0 aliphatic heterocycles. The van der Waals surface area contributed by atoms with Crippen molar-refractivity contribution < 1.29 is 18.0 Å². The Labute approximate surface area is 217 Å². The van der Waals surface area contributed by atoms with E-state index >= 15 is 0 Å². The number of carbonyl (C=O) groups is 2. The van der Waals surface area contributed by atoms with E-state index in [-0.39, 0.29) is 17.3 Å². The van der Waals surface area contributed by atoms with Crippen molar-refractivity contribution in [2.24, 2.45) is 0 Å². The molecule has 0 fully saturated rings. The summed E-state index contributed by atoms with van der Waals surface area (Å²) < 4.78 is 28.4. The number of anilines is 1. The number of rotatable bonds is 9. The summed E-state index contributed by atoms with van der Waals surface area (Å²) in [6.07, 6.45) is 0. The maximum Gasteiger partial charge on any atom is 0.264 e. The molecule has 0 aromatic heterocycles. The van der Waals surface area contributed by atoms with Crippen LogP contribution in [0.4, 0.5) is 5.69 Å². The molecule has 0 spiro atoms. The van der Waals surface area contributed by atoms with Crippen molar-refractivity contribution in [2.75, 3.05) is 17.9 Å². The average molecular weight is 528 g/mol. The maximum atomic E-state index is 13.7. The topological polar surface area (TPSA) is 86.8 Å². The standard InChI is InChI=1S/C27H30ClN3O4S/c1-19-5-9-22(10-6-19)17-30(21(3)27(33)29-4)26(32)18-31(24-13-7-20(2)8-14-24)36(34,35)25-15-11-23(28)12-16-25/h5-16,21H,17-18H2,1-4H3,(H,29,33). The van der Waals surface area contributed by atoms with Gasteiger partial charge in [-0.1, -0.05) is 59.1 Å². The van der Waals surface area contributed by atoms with Crippen molar-refractivity contribution in [2.45, 2.75) is 38.3 Å². The molecular weight excluding hydrogens is 498 g/mol. The molecule has 1 N–H and O–H groups in total. The molecular formula is C27H30ClN3O4S. The molecule has 0 saturated carbocycles. The highest BCUT2D eigenvalue weighted by Gasteiger charge is 2.32. The molecule has 0 aliphatic carbocycles. The Morgan fingerprint density at radius 2 is 1.42 bits per heavy atom. The van der Waals surface area contributed by atoms with Crippen molar-refractivity contribution in [1.29, 1.82) is 0 Å². The monoisotopic (exact) mass is 527 g/mol. The maximum absolute atomic E-state index is 13.7. The smallest absolute Gasteiger partial charge is 0.264 e. The van der Waals surface area contributed by atoms with E-state index in [1.165, 1.54) is 36.2 Å². The van der Waals surface area contributed by atoms with Crippen molar-refractivity contribution in [3.05, 3.63) is 94.5 Å². The van der Waals surface area contributed by atoms with E-state index < -0.39 is 28.5 Å². The molecule has 0 heterocycles. The van der Waals surface area contributed by atoms with E-state index in [1.54, 1.807) is 31.2 Å². The van der Waals surface area contributed by atoms with Gasteiger partial charge in [-0.2, -0.15) is 0 Å². The van der Waals surface area contributed by atoms with Crippen molar-refractivity contribution in [1.82, 2.24) is 10.2 Å². The number of halogens is 1. The van der Waals surface area contributed by atoms with Crippen molar-refractivity contribution in [3.63, 3.8) is 0 Å². The summed E-state index contributed by atoms with van der Waals surface area (Å²) in [5.74, 6) is -0.859. The lowest BCUT2D eigenvalue weighted by Crippen LogP contribution is -2.50. The number of sulfonamides is 1. The number of nitrogens with one attached hydrogen (secondary N) is 1. The average Bonchev–Trinajstić information content (AvgIpc) is 2.86. The molecule has 3 rings (SSSR count). The van der Waals surface area contributed by atoms with Crippen LogP contribution in [0.15, 0.2) is 77.7 Å². The van der Waals surface area contributed by atoms with Gasteiger partial charge in [0.05, 0.1) is 10.6 Å². The first-order chi connectivity index (χ1) is 17.0. The minimum Gasteiger partial charge on any atom is -0.357 e. The molecule has 0 radical (unpaired) electrons. The zero-order valence-corrected chi connectivity index (χ0v) is 22.3. The third kappa shape index (κ3) is 6.44. The summed E-state index contributed by atoms with van der Waals surface area (Å²) in [4.78, 5) is 27.6. The summed E-state index contributed by atoms with van der Waals surface area (Å²) >= 11 is 5.96. The Bertz CT molecular complexity index is 1310. The second kappa shape index (κ2) is 11.6. The SMILES string of the molecule is CNC(=O)C(C)N(Cc1ccc(C)cc1)C(=O)CN(c1ccc(C)cc1)S(=O)(=O)c1ccc(Cl)cc1. The van der Waals surface area contributed by atoms with E-state index in [4.69, 9.17) is 11.6 Å². The molecule has 190 valence electrons. The normalized spacial score (nSPS) is 12.0. The Balaban J connectivity index is 2.01.